The van der Waals surface area contributed by atoms with Crippen LogP contribution in [0.25, 0.3) is 0 Å². The second-order valence-electron chi connectivity index (χ2n) is 7.88. The smallest absolute Gasteiger partial charge is 0.316 e. The van der Waals surface area contributed by atoms with Crippen molar-refractivity contribution in [1.82, 2.24) is 10.2 Å². The van der Waals surface area contributed by atoms with Crippen LogP contribution in [0.1, 0.15) is 51.7 Å². The van der Waals surface area contributed by atoms with E-state index in [4.69, 9.17) is 15.6 Å². The van der Waals surface area contributed by atoms with Crippen molar-refractivity contribution in [3.63, 3.8) is 0 Å². The number of likely N-dealkylation sites (N-methyl/N-ethyl adjacent to an activating group) is 1. The van der Waals surface area contributed by atoms with Crippen molar-refractivity contribution in [2.24, 2.45) is 10.7 Å². The van der Waals surface area contributed by atoms with Gasteiger partial charge in [0.2, 0.25) is 6.17 Å². The molecule has 0 aromatic heterocycles. The molecule has 0 aliphatic carbocycles. The van der Waals surface area contributed by atoms with Crippen LogP contribution < -0.4 is 16.0 Å². The number of aldehydes is 1. The number of benzodiazepines with no additional fused rings is 1. The highest BCUT2D eigenvalue weighted by molar-refractivity contribution is 6.20. The molecule has 0 saturated heterocycles. The third-order valence-electron chi connectivity index (χ3n) is 5.42. The maximum atomic E-state index is 13.0. The lowest BCUT2D eigenvalue weighted by Gasteiger charge is -2.26. The maximum absolute atomic E-state index is 13.0. The van der Waals surface area contributed by atoms with Crippen molar-refractivity contribution >= 4 is 36.1 Å². The van der Waals surface area contributed by atoms with Gasteiger partial charge in [0.25, 0.3) is 12.4 Å². The van der Waals surface area contributed by atoms with Crippen molar-refractivity contribution in [1.29, 1.82) is 0 Å². The molecule has 2 unspecified atom stereocenters. The SMILES string of the molecule is CC.CCCC(C)NC.CN(C(N)=O)C1N=C(c2ccccc2)c2ccccc2N(CC=O)C1=O.O=CO. The quantitative estimate of drug-likeness (QED) is 0.470. The summed E-state index contributed by atoms with van der Waals surface area (Å²) >= 11 is 0. The number of carbonyl (C=O) groups excluding carboxylic acids is 3. The molecular weight excluding hydrogens is 486 g/mol. The van der Waals surface area contributed by atoms with Gasteiger partial charge in [0.15, 0.2) is 0 Å². The first kappa shape index (κ1) is 34.0. The maximum Gasteiger partial charge on any atom is 0.316 e. The van der Waals surface area contributed by atoms with Gasteiger partial charge in [-0.3, -0.25) is 14.5 Å². The number of urea groups is 1. The predicted molar refractivity (Wildman–Crippen MR) is 152 cm³/mol. The number of rotatable bonds is 7. The van der Waals surface area contributed by atoms with Crippen LogP contribution in [0.5, 0.6) is 0 Å². The zero-order chi connectivity index (χ0) is 29.1. The Hall–Kier alpha value is -4.05. The Morgan fingerprint density at radius 2 is 1.71 bits per heavy atom. The number of anilines is 1. The van der Waals surface area contributed by atoms with Crippen molar-refractivity contribution in [3.8, 4) is 0 Å². The summed E-state index contributed by atoms with van der Waals surface area (Å²) in [6, 6.07) is 16.5. The Labute approximate surface area is 225 Å². The molecule has 10 nitrogen and oxygen atoms in total. The highest BCUT2D eigenvalue weighted by Gasteiger charge is 2.35. The normalized spacial score (nSPS) is 14.3. The number of primary amides is 1. The van der Waals surface area contributed by atoms with E-state index in [2.05, 4.69) is 24.2 Å². The molecule has 2 aromatic carbocycles. The van der Waals surface area contributed by atoms with Gasteiger partial charge < -0.3 is 25.9 Å². The number of hydrogen-bond donors (Lipinski definition) is 3. The molecule has 1 heterocycles. The summed E-state index contributed by atoms with van der Waals surface area (Å²) in [6.07, 6.45) is 2.05. The minimum atomic E-state index is -1.16. The minimum Gasteiger partial charge on any atom is -0.483 e. The highest BCUT2D eigenvalue weighted by atomic mass is 16.3. The fourth-order valence-corrected chi connectivity index (χ4v) is 3.45. The van der Waals surface area contributed by atoms with Gasteiger partial charge in [-0.2, -0.15) is 0 Å². The minimum absolute atomic E-state index is 0.142. The lowest BCUT2D eigenvalue weighted by molar-refractivity contribution is -0.123. The van der Waals surface area contributed by atoms with E-state index in [9.17, 15) is 14.4 Å². The topological polar surface area (TPSA) is 145 Å². The van der Waals surface area contributed by atoms with Crippen LogP contribution in [-0.2, 0) is 14.4 Å². The summed E-state index contributed by atoms with van der Waals surface area (Å²) in [4.78, 5) is 51.2. The monoisotopic (exact) mass is 527 g/mol. The first-order valence-corrected chi connectivity index (χ1v) is 12.5. The van der Waals surface area contributed by atoms with E-state index in [1.807, 2.05) is 63.4 Å². The molecule has 2 atom stereocenters. The van der Waals surface area contributed by atoms with E-state index in [1.165, 1.54) is 24.8 Å². The number of nitrogens with one attached hydrogen (secondary N) is 1. The number of carbonyl (C=O) groups is 4. The van der Waals surface area contributed by atoms with E-state index in [0.29, 0.717) is 29.3 Å². The molecule has 0 spiro atoms. The lowest BCUT2D eigenvalue weighted by atomic mass is 10.0. The van der Waals surface area contributed by atoms with Gasteiger partial charge in [0.05, 0.1) is 17.9 Å². The Bertz CT molecular complexity index is 1030. The fraction of sp³-hybridized carbons (Fsp3) is 0.393. The number of nitrogens with zero attached hydrogens (tertiary/aromatic N) is 3. The molecule has 0 bridgehead atoms. The molecule has 0 radical (unpaired) electrons. The van der Waals surface area contributed by atoms with Crippen LogP contribution in [0, 0.1) is 0 Å². The summed E-state index contributed by atoms with van der Waals surface area (Å²) in [5.41, 5.74) is 7.98. The Morgan fingerprint density at radius 1 is 1.16 bits per heavy atom. The molecule has 4 N–H and O–H groups in total. The first-order valence-electron chi connectivity index (χ1n) is 12.5. The van der Waals surface area contributed by atoms with Crippen LogP contribution >= 0.6 is 0 Å². The average molecular weight is 528 g/mol. The second-order valence-corrected chi connectivity index (χ2v) is 7.88. The second kappa shape index (κ2) is 19.1. The van der Waals surface area contributed by atoms with E-state index in [-0.39, 0.29) is 13.0 Å². The largest absolute Gasteiger partial charge is 0.483 e. The number of nitrogens with two attached hydrogens (primary N) is 1. The van der Waals surface area contributed by atoms with Crippen molar-refractivity contribution < 1.29 is 24.3 Å². The third kappa shape index (κ3) is 10.1. The van der Waals surface area contributed by atoms with Crippen molar-refractivity contribution in [3.05, 3.63) is 65.7 Å². The van der Waals surface area contributed by atoms with Crippen molar-refractivity contribution in [2.75, 3.05) is 25.5 Å². The van der Waals surface area contributed by atoms with Gasteiger partial charge in [0, 0.05) is 24.2 Å². The van der Waals surface area contributed by atoms with Gasteiger partial charge in [-0.05, 0) is 26.5 Å². The first-order chi connectivity index (χ1) is 18.3. The number of aliphatic imine (C=N–C) groups is 1. The standard InChI is InChI=1S/C19H18N4O3.C6H15N.C2H6.CH2O2/c1-22(19(20)26)17-18(25)23(11-12-24)15-10-6-5-9-14(15)16(21-17)13-7-3-2-4-8-13;1-4-5-6(2)7-3;1-2;2-1-3/h2-10,12,17H,11H2,1H3,(H2,20,26);6-7H,4-5H2,1-3H3;1-2H3;1H,(H,2,3). The number of carboxylic acid groups (broad SMARTS) is 1. The molecule has 0 saturated carbocycles. The Balaban J connectivity index is 0.000000966. The molecule has 2 aromatic rings. The zero-order valence-electron chi connectivity index (χ0n) is 23.1. The Kier molecular flexibility index (Phi) is 17.1. The summed E-state index contributed by atoms with van der Waals surface area (Å²) < 4.78 is 0. The van der Waals surface area contributed by atoms with Crippen LogP contribution in [0.3, 0.4) is 0 Å². The molecule has 1 aliphatic heterocycles. The molecule has 208 valence electrons. The van der Waals surface area contributed by atoms with Crippen LogP contribution in [0.15, 0.2) is 59.6 Å². The predicted octanol–water partition coefficient (Wildman–Crippen LogP) is 3.53. The number of para-hydroxylation sites is 1. The summed E-state index contributed by atoms with van der Waals surface area (Å²) in [6.45, 7) is 8.01. The zero-order valence-corrected chi connectivity index (χ0v) is 23.1. The van der Waals surface area contributed by atoms with E-state index >= 15 is 0 Å². The van der Waals surface area contributed by atoms with Gasteiger partial charge in [-0.15, -0.1) is 0 Å². The summed E-state index contributed by atoms with van der Waals surface area (Å²) in [5, 5.41) is 10.1. The molecule has 38 heavy (non-hydrogen) atoms. The van der Waals surface area contributed by atoms with Crippen molar-refractivity contribution in [2.45, 2.75) is 52.7 Å². The molecular formula is C28H41N5O5. The van der Waals surface area contributed by atoms with E-state index in [0.717, 1.165) is 10.5 Å². The molecule has 1 aliphatic rings. The molecule has 0 fully saturated rings. The molecule has 10 heteroatoms. The van der Waals surface area contributed by atoms with E-state index in [1.54, 1.807) is 12.1 Å². The average Bonchev–Trinajstić information content (AvgIpc) is 3.05. The van der Waals surface area contributed by atoms with E-state index < -0.39 is 18.1 Å². The number of hydrogen-bond acceptors (Lipinski definition) is 6. The van der Waals surface area contributed by atoms with Crippen LogP contribution in [0.4, 0.5) is 10.5 Å². The van der Waals surface area contributed by atoms with Gasteiger partial charge in [-0.25, -0.2) is 9.79 Å². The molecule has 3 rings (SSSR count). The Morgan fingerprint density at radius 3 is 2.18 bits per heavy atom. The third-order valence-corrected chi connectivity index (χ3v) is 5.42. The van der Waals surface area contributed by atoms with Gasteiger partial charge in [0.1, 0.15) is 6.29 Å². The molecule has 3 amide bonds. The highest BCUT2D eigenvalue weighted by Crippen LogP contribution is 2.28. The van der Waals surface area contributed by atoms with Gasteiger partial charge in [-0.1, -0.05) is 75.7 Å². The fourth-order valence-electron chi connectivity index (χ4n) is 3.45. The number of amides is 3. The van der Waals surface area contributed by atoms with Crippen LogP contribution in [0.2, 0.25) is 0 Å². The summed E-state index contributed by atoms with van der Waals surface area (Å²) in [7, 11) is 3.41. The number of fused-ring (bicyclic) bond motifs is 1. The number of benzene rings is 2. The summed E-state index contributed by atoms with van der Waals surface area (Å²) in [5.74, 6) is -0.489. The lowest BCUT2D eigenvalue weighted by Crippen LogP contribution is -2.50. The van der Waals surface area contributed by atoms with Crippen LogP contribution in [-0.4, -0.2) is 73.3 Å². The van der Waals surface area contributed by atoms with Gasteiger partial charge >= 0.3 is 6.03 Å².